The van der Waals surface area contributed by atoms with E-state index < -0.39 is 0 Å². The van der Waals surface area contributed by atoms with E-state index in [0.29, 0.717) is 30.4 Å². The molecular weight excluding hydrogens is 337 g/mol. The standard InChI is InChI=1S/C16H25N3O2.2ClH/c1-19(2)9-10-21-15-6-4-3-5-13(15)16(20)18-11-14(17)12-7-8-12;;/h3-6,12,14H,7-11,17H2,1-2H3,(H,18,20);2*1H. The molecule has 1 aliphatic rings. The summed E-state index contributed by atoms with van der Waals surface area (Å²) in [5.74, 6) is 1.08. The van der Waals surface area contributed by atoms with Gasteiger partial charge in [-0.3, -0.25) is 4.79 Å². The Bertz CT molecular complexity index is 482. The molecule has 23 heavy (non-hydrogen) atoms. The highest BCUT2D eigenvalue weighted by atomic mass is 35.5. The van der Waals surface area contributed by atoms with Crippen molar-refractivity contribution in [1.29, 1.82) is 0 Å². The fourth-order valence-electron chi connectivity index (χ4n) is 2.12. The molecule has 7 heteroatoms. The maximum absolute atomic E-state index is 12.3. The molecule has 1 atom stereocenters. The first-order valence-electron chi connectivity index (χ1n) is 7.48. The van der Waals surface area contributed by atoms with Gasteiger partial charge in [-0.15, -0.1) is 24.8 Å². The van der Waals surface area contributed by atoms with Gasteiger partial charge in [0.1, 0.15) is 12.4 Å². The second kappa shape index (κ2) is 10.7. The lowest BCUT2D eigenvalue weighted by Crippen LogP contribution is -2.38. The third-order valence-corrected chi connectivity index (χ3v) is 3.65. The summed E-state index contributed by atoms with van der Waals surface area (Å²) >= 11 is 0. The van der Waals surface area contributed by atoms with Gasteiger partial charge in [-0.05, 0) is 45.0 Å². The quantitative estimate of drug-likeness (QED) is 0.740. The number of ether oxygens (including phenoxy) is 1. The summed E-state index contributed by atoms with van der Waals surface area (Å²) in [5, 5.41) is 2.91. The normalized spacial score (nSPS) is 14.4. The molecule has 1 fully saturated rings. The van der Waals surface area contributed by atoms with Gasteiger partial charge in [0.2, 0.25) is 0 Å². The van der Waals surface area contributed by atoms with Gasteiger partial charge >= 0.3 is 0 Å². The number of para-hydroxylation sites is 1. The van der Waals surface area contributed by atoms with Crippen molar-refractivity contribution in [3.8, 4) is 5.75 Å². The maximum atomic E-state index is 12.3. The summed E-state index contributed by atoms with van der Waals surface area (Å²) in [6.07, 6.45) is 2.36. The molecule has 1 aliphatic carbocycles. The van der Waals surface area contributed by atoms with E-state index in [9.17, 15) is 4.79 Å². The lowest BCUT2D eigenvalue weighted by Gasteiger charge is -2.15. The average Bonchev–Trinajstić information content (AvgIpc) is 3.29. The number of carbonyl (C=O) groups is 1. The third kappa shape index (κ3) is 7.40. The van der Waals surface area contributed by atoms with Crippen LogP contribution < -0.4 is 15.8 Å². The van der Waals surface area contributed by atoms with E-state index in [1.54, 1.807) is 6.07 Å². The van der Waals surface area contributed by atoms with Gasteiger partial charge in [0.15, 0.2) is 0 Å². The zero-order valence-electron chi connectivity index (χ0n) is 13.7. The van der Waals surface area contributed by atoms with Crippen LogP contribution in [0.2, 0.25) is 0 Å². The van der Waals surface area contributed by atoms with E-state index in [-0.39, 0.29) is 36.8 Å². The van der Waals surface area contributed by atoms with Crippen LogP contribution >= 0.6 is 24.8 Å². The zero-order valence-corrected chi connectivity index (χ0v) is 15.3. The summed E-state index contributed by atoms with van der Waals surface area (Å²) < 4.78 is 5.70. The van der Waals surface area contributed by atoms with E-state index in [2.05, 4.69) is 5.32 Å². The van der Waals surface area contributed by atoms with E-state index in [1.165, 1.54) is 12.8 Å². The number of nitrogens with one attached hydrogen (secondary N) is 1. The highest BCUT2D eigenvalue weighted by molar-refractivity contribution is 5.96. The first-order valence-corrected chi connectivity index (χ1v) is 7.48. The molecule has 2 rings (SSSR count). The molecule has 132 valence electrons. The average molecular weight is 364 g/mol. The van der Waals surface area contributed by atoms with Gasteiger partial charge in [-0.25, -0.2) is 0 Å². The molecule has 0 saturated heterocycles. The molecule has 1 aromatic rings. The Morgan fingerprint density at radius 3 is 2.61 bits per heavy atom. The lowest BCUT2D eigenvalue weighted by atomic mass is 10.1. The number of hydrogen-bond donors (Lipinski definition) is 2. The Morgan fingerprint density at radius 1 is 1.35 bits per heavy atom. The van der Waals surface area contributed by atoms with E-state index in [0.717, 1.165) is 6.54 Å². The molecule has 5 nitrogen and oxygen atoms in total. The summed E-state index contributed by atoms with van der Waals surface area (Å²) in [4.78, 5) is 14.3. The minimum atomic E-state index is -0.119. The number of nitrogens with zero attached hydrogens (tertiary/aromatic N) is 1. The molecule has 1 amide bonds. The van der Waals surface area contributed by atoms with Crippen LogP contribution in [-0.2, 0) is 0 Å². The molecule has 0 bridgehead atoms. The van der Waals surface area contributed by atoms with Crippen LogP contribution in [0, 0.1) is 5.92 Å². The Balaban J connectivity index is 0.00000242. The summed E-state index contributed by atoms with van der Waals surface area (Å²) in [6.45, 7) is 1.89. The van der Waals surface area contributed by atoms with E-state index in [4.69, 9.17) is 10.5 Å². The smallest absolute Gasteiger partial charge is 0.255 e. The maximum Gasteiger partial charge on any atom is 0.255 e. The van der Waals surface area contributed by atoms with Crippen LogP contribution in [0.15, 0.2) is 24.3 Å². The number of nitrogens with two attached hydrogens (primary N) is 1. The molecule has 0 heterocycles. The summed E-state index contributed by atoms with van der Waals surface area (Å²) in [5.41, 5.74) is 6.57. The second-order valence-corrected chi connectivity index (χ2v) is 5.86. The summed E-state index contributed by atoms with van der Waals surface area (Å²) in [7, 11) is 3.97. The molecule has 0 radical (unpaired) electrons. The van der Waals surface area contributed by atoms with Gasteiger partial charge in [0.25, 0.3) is 5.91 Å². The molecule has 1 saturated carbocycles. The largest absolute Gasteiger partial charge is 0.491 e. The second-order valence-electron chi connectivity index (χ2n) is 5.86. The SMILES string of the molecule is CN(C)CCOc1ccccc1C(=O)NCC(N)C1CC1.Cl.Cl. The van der Waals surface area contributed by atoms with Crippen LogP contribution in [0.1, 0.15) is 23.2 Å². The number of benzene rings is 1. The van der Waals surface area contributed by atoms with Crippen LogP contribution in [0.3, 0.4) is 0 Å². The zero-order chi connectivity index (χ0) is 15.2. The van der Waals surface area contributed by atoms with Gasteiger partial charge < -0.3 is 20.7 Å². The number of amides is 1. The molecule has 1 unspecified atom stereocenters. The fraction of sp³-hybridized carbons (Fsp3) is 0.562. The van der Waals surface area contributed by atoms with Crippen LogP contribution in [0.25, 0.3) is 0 Å². The van der Waals surface area contributed by atoms with Gasteiger partial charge in [0.05, 0.1) is 5.56 Å². The fourth-order valence-corrected chi connectivity index (χ4v) is 2.12. The monoisotopic (exact) mass is 363 g/mol. The topological polar surface area (TPSA) is 67.6 Å². The Hall–Kier alpha value is -1.01. The molecule has 1 aromatic carbocycles. The van der Waals surface area contributed by atoms with E-state index >= 15 is 0 Å². The van der Waals surface area contributed by atoms with Crippen molar-refractivity contribution in [2.24, 2.45) is 11.7 Å². The lowest BCUT2D eigenvalue weighted by molar-refractivity contribution is 0.0946. The predicted molar refractivity (Wildman–Crippen MR) is 98.0 cm³/mol. The minimum Gasteiger partial charge on any atom is -0.491 e. The number of rotatable bonds is 8. The van der Waals surface area contributed by atoms with Crippen molar-refractivity contribution in [3.63, 3.8) is 0 Å². The number of halogens is 2. The Kier molecular flexibility index (Phi) is 10.2. The van der Waals surface area contributed by atoms with Crippen molar-refractivity contribution in [2.75, 3.05) is 33.8 Å². The van der Waals surface area contributed by atoms with Gasteiger partial charge in [-0.2, -0.15) is 0 Å². The third-order valence-electron chi connectivity index (χ3n) is 3.65. The Morgan fingerprint density at radius 2 is 2.00 bits per heavy atom. The van der Waals surface area contributed by atoms with E-state index in [1.807, 2.05) is 37.2 Å². The van der Waals surface area contributed by atoms with Crippen molar-refractivity contribution in [2.45, 2.75) is 18.9 Å². The highest BCUT2D eigenvalue weighted by Gasteiger charge is 2.28. The van der Waals surface area contributed by atoms with Crippen molar-refractivity contribution >= 4 is 30.7 Å². The van der Waals surface area contributed by atoms with Gasteiger partial charge in [-0.1, -0.05) is 12.1 Å². The first kappa shape index (κ1) is 22.0. The molecule has 3 N–H and O–H groups in total. The molecule has 0 aromatic heterocycles. The molecular formula is C16H27Cl2N3O2. The van der Waals surface area contributed by atoms with Crippen LogP contribution in [0.5, 0.6) is 5.75 Å². The van der Waals surface area contributed by atoms with Crippen LogP contribution in [-0.4, -0.2) is 50.6 Å². The Labute approximate surface area is 150 Å². The van der Waals surface area contributed by atoms with Crippen molar-refractivity contribution < 1.29 is 9.53 Å². The predicted octanol–water partition coefficient (Wildman–Crippen LogP) is 1.94. The van der Waals surface area contributed by atoms with Crippen molar-refractivity contribution in [3.05, 3.63) is 29.8 Å². The summed E-state index contributed by atoms with van der Waals surface area (Å²) in [6, 6.07) is 7.39. The van der Waals surface area contributed by atoms with Crippen LogP contribution in [0.4, 0.5) is 0 Å². The first-order chi connectivity index (χ1) is 10.1. The number of likely N-dealkylation sites (N-methyl/N-ethyl adjacent to an activating group) is 1. The number of hydrogen-bond acceptors (Lipinski definition) is 4. The number of carbonyl (C=O) groups excluding carboxylic acids is 1. The molecule has 0 spiro atoms. The minimum absolute atomic E-state index is 0. The van der Waals surface area contributed by atoms with Gasteiger partial charge in [0, 0.05) is 19.1 Å². The molecule has 0 aliphatic heterocycles. The highest BCUT2D eigenvalue weighted by Crippen LogP contribution is 2.31. The van der Waals surface area contributed by atoms with Crippen molar-refractivity contribution in [1.82, 2.24) is 10.2 Å².